The topological polar surface area (TPSA) is 124 Å². The van der Waals surface area contributed by atoms with Crippen LogP contribution < -0.4 is 10.3 Å². The molecule has 3 aromatic rings. The van der Waals surface area contributed by atoms with Gasteiger partial charge in [0.05, 0.1) is 21.9 Å². The molecule has 0 saturated carbocycles. The highest BCUT2D eigenvalue weighted by Gasteiger charge is 2.35. The van der Waals surface area contributed by atoms with Gasteiger partial charge >= 0.3 is 6.18 Å². The molecule has 2 heterocycles. The summed E-state index contributed by atoms with van der Waals surface area (Å²) in [5.41, 5.74) is -2.56. The first-order chi connectivity index (χ1) is 14.5. The summed E-state index contributed by atoms with van der Waals surface area (Å²) in [4.78, 5) is 21.8. The average molecular weight is 474 g/mol. The van der Waals surface area contributed by atoms with E-state index in [4.69, 9.17) is 0 Å². The minimum atomic E-state index is -4.87. The van der Waals surface area contributed by atoms with Crippen molar-refractivity contribution in [2.75, 3.05) is 6.54 Å². The molecule has 31 heavy (non-hydrogen) atoms. The molecule has 0 fully saturated rings. The molecule has 164 valence electrons. The Labute approximate surface area is 177 Å². The summed E-state index contributed by atoms with van der Waals surface area (Å²) in [6.45, 7) is -0.576. The maximum absolute atomic E-state index is 12.8. The zero-order valence-corrected chi connectivity index (χ0v) is 17.0. The first kappa shape index (κ1) is 22.6. The van der Waals surface area contributed by atoms with Crippen LogP contribution in [-0.2, 0) is 22.7 Å². The van der Waals surface area contributed by atoms with Gasteiger partial charge in [0.1, 0.15) is 5.69 Å². The molecule has 0 aliphatic carbocycles. The van der Waals surface area contributed by atoms with Crippen LogP contribution in [-0.4, -0.2) is 29.7 Å². The van der Waals surface area contributed by atoms with Gasteiger partial charge in [-0.25, -0.2) is 17.8 Å². The van der Waals surface area contributed by atoms with Crippen LogP contribution in [0, 0.1) is 10.1 Å². The van der Waals surface area contributed by atoms with Gasteiger partial charge in [-0.3, -0.25) is 14.9 Å². The van der Waals surface area contributed by atoms with Gasteiger partial charge in [0.25, 0.3) is 11.2 Å². The van der Waals surface area contributed by atoms with E-state index in [1.165, 1.54) is 23.5 Å². The zero-order chi connectivity index (χ0) is 22.8. The number of nitro benzene ring substituents is 1. The van der Waals surface area contributed by atoms with Crippen LogP contribution in [0.25, 0.3) is 10.6 Å². The Kier molecular flexibility index (Phi) is 6.24. The number of nitro groups is 1. The third-order valence-corrected chi connectivity index (χ3v) is 6.43. The highest BCUT2D eigenvalue weighted by atomic mass is 32.2. The van der Waals surface area contributed by atoms with Crippen LogP contribution in [0.4, 0.5) is 18.9 Å². The lowest BCUT2D eigenvalue weighted by Gasteiger charge is -2.11. The van der Waals surface area contributed by atoms with Crippen LogP contribution >= 0.6 is 11.3 Å². The lowest BCUT2D eigenvalue weighted by Crippen LogP contribution is -2.32. The predicted molar refractivity (Wildman–Crippen MR) is 105 cm³/mol. The maximum atomic E-state index is 12.8. The van der Waals surface area contributed by atoms with E-state index in [0.717, 1.165) is 9.56 Å². The Balaban J connectivity index is 1.80. The van der Waals surface area contributed by atoms with Gasteiger partial charge in [-0.05, 0) is 29.6 Å². The standard InChI is InChI=1S/C17H13F3N4O5S2/c18-17(19,20)11-3-5-15(13(10-11)24(26)27)31(28,29)21-7-8-23-16(25)6-4-12(22-23)14-2-1-9-30-14/h1-6,9-10,21H,7-8H2. The van der Waals surface area contributed by atoms with E-state index in [-0.39, 0.29) is 19.2 Å². The summed E-state index contributed by atoms with van der Waals surface area (Å²) in [7, 11) is -4.53. The van der Waals surface area contributed by atoms with Gasteiger partial charge in [0.15, 0.2) is 4.90 Å². The van der Waals surface area contributed by atoms with Crippen molar-refractivity contribution in [3.05, 3.63) is 73.9 Å². The quantitative estimate of drug-likeness (QED) is 0.415. The molecule has 3 rings (SSSR count). The van der Waals surface area contributed by atoms with Crippen LogP contribution in [0.1, 0.15) is 5.56 Å². The van der Waals surface area contributed by atoms with E-state index in [9.17, 15) is 36.5 Å². The number of hydrogen-bond donors (Lipinski definition) is 1. The third-order valence-electron chi connectivity index (χ3n) is 4.03. The summed E-state index contributed by atoms with van der Waals surface area (Å²) in [5, 5.41) is 17.1. The predicted octanol–water partition coefficient (Wildman–Crippen LogP) is 2.88. The number of rotatable bonds is 7. The minimum Gasteiger partial charge on any atom is -0.268 e. The molecule has 14 heteroatoms. The molecular weight excluding hydrogens is 461 g/mol. The maximum Gasteiger partial charge on any atom is 0.416 e. The first-order valence-corrected chi connectivity index (χ1v) is 10.8. The molecule has 2 aromatic heterocycles. The summed E-state index contributed by atoms with van der Waals surface area (Å²) in [6, 6.07) is 7.47. The van der Waals surface area contributed by atoms with Gasteiger partial charge in [0, 0.05) is 18.7 Å². The molecule has 0 aliphatic heterocycles. The normalized spacial score (nSPS) is 12.1. The van der Waals surface area contributed by atoms with Gasteiger partial charge in [-0.2, -0.15) is 18.3 Å². The molecular formula is C17H13F3N4O5S2. The van der Waals surface area contributed by atoms with Gasteiger partial charge in [0.2, 0.25) is 10.0 Å². The Morgan fingerprint density at radius 1 is 1.19 bits per heavy atom. The van der Waals surface area contributed by atoms with Gasteiger partial charge in [-0.1, -0.05) is 6.07 Å². The van der Waals surface area contributed by atoms with Crippen molar-refractivity contribution < 1.29 is 26.5 Å². The second-order valence-electron chi connectivity index (χ2n) is 6.09. The fraction of sp³-hybridized carbons (Fsp3) is 0.176. The highest BCUT2D eigenvalue weighted by Crippen LogP contribution is 2.34. The summed E-state index contributed by atoms with van der Waals surface area (Å²) < 4.78 is 66.3. The number of nitrogens with zero attached hydrogens (tertiary/aromatic N) is 3. The molecule has 9 nitrogen and oxygen atoms in total. The fourth-order valence-corrected chi connectivity index (χ4v) is 4.45. The first-order valence-electron chi connectivity index (χ1n) is 8.46. The van der Waals surface area contributed by atoms with Crippen molar-refractivity contribution in [1.29, 1.82) is 0 Å². The Morgan fingerprint density at radius 2 is 1.94 bits per heavy atom. The van der Waals surface area contributed by atoms with E-state index in [0.29, 0.717) is 17.8 Å². The van der Waals surface area contributed by atoms with Gasteiger partial charge < -0.3 is 0 Å². The monoisotopic (exact) mass is 474 g/mol. The Bertz CT molecular complexity index is 1270. The number of hydrogen-bond acceptors (Lipinski definition) is 7. The summed E-state index contributed by atoms with van der Waals surface area (Å²) in [6.07, 6.45) is -4.87. The lowest BCUT2D eigenvalue weighted by molar-refractivity contribution is -0.388. The molecule has 1 N–H and O–H groups in total. The van der Waals surface area contributed by atoms with Crippen LogP contribution in [0.2, 0.25) is 0 Å². The zero-order valence-electron chi connectivity index (χ0n) is 15.4. The smallest absolute Gasteiger partial charge is 0.268 e. The Morgan fingerprint density at radius 3 is 2.55 bits per heavy atom. The van der Waals surface area contributed by atoms with E-state index in [1.54, 1.807) is 12.1 Å². The minimum absolute atomic E-state index is 0.158. The van der Waals surface area contributed by atoms with Crippen LogP contribution in [0.15, 0.2) is 57.5 Å². The van der Waals surface area contributed by atoms with Crippen molar-refractivity contribution in [3.63, 3.8) is 0 Å². The summed E-state index contributed by atoms with van der Waals surface area (Å²) in [5.74, 6) is 0. The van der Waals surface area contributed by atoms with Crippen molar-refractivity contribution in [1.82, 2.24) is 14.5 Å². The van der Waals surface area contributed by atoms with Crippen LogP contribution in [0.5, 0.6) is 0 Å². The van der Waals surface area contributed by atoms with E-state index in [2.05, 4.69) is 5.10 Å². The van der Waals surface area contributed by atoms with Gasteiger partial charge in [-0.15, -0.1) is 11.3 Å². The third kappa shape index (κ3) is 5.15. The summed E-state index contributed by atoms with van der Waals surface area (Å²) >= 11 is 1.39. The second kappa shape index (κ2) is 8.56. The Hall–Kier alpha value is -3.10. The van der Waals surface area contributed by atoms with E-state index >= 15 is 0 Å². The van der Waals surface area contributed by atoms with E-state index < -0.39 is 42.8 Å². The molecule has 0 saturated heterocycles. The van der Waals surface area contributed by atoms with Crippen molar-refractivity contribution in [2.45, 2.75) is 17.6 Å². The van der Waals surface area contributed by atoms with Crippen molar-refractivity contribution in [2.24, 2.45) is 0 Å². The second-order valence-corrected chi connectivity index (χ2v) is 8.78. The molecule has 0 bridgehead atoms. The van der Waals surface area contributed by atoms with Crippen molar-refractivity contribution >= 4 is 27.0 Å². The lowest BCUT2D eigenvalue weighted by atomic mass is 10.2. The molecule has 1 aromatic carbocycles. The molecule has 0 amide bonds. The number of halogens is 3. The number of sulfonamides is 1. The number of nitrogens with one attached hydrogen (secondary N) is 1. The number of thiophene rings is 1. The SMILES string of the molecule is O=c1ccc(-c2cccs2)nn1CCNS(=O)(=O)c1ccc(C(F)(F)F)cc1[N+](=O)[O-]. The number of alkyl halides is 3. The molecule has 0 unspecified atom stereocenters. The highest BCUT2D eigenvalue weighted by molar-refractivity contribution is 7.89. The largest absolute Gasteiger partial charge is 0.416 e. The average Bonchev–Trinajstić information content (AvgIpc) is 3.23. The molecule has 0 spiro atoms. The van der Waals surface area contributed by atoms with E-state index in [1.807, 2.05) is 10.1 Å². The molecule has 0 atom stereocenters. The van der Waals surface area contributed by atoms with Crippen molar-refractivity contribution in [3.8, 4) is 10.6 Å². The number of aromatic nitrogens is 2. The molecule has 0 radical (unpaired) electrons. The fourth-order valence-electron chi connectivity index (χ4n) is 2.59. The van der Waals surface area contributed by atoms with Crippen LogP contribution in [0.3, 0.4) is 0 Å². The number of benzene rings is 1. The molecule has 0 aliphatic rings.